The molecule has 1 aromatic heterocycles. The van der Waals surface area contributed by atoms with Gasteiger partial charge in [-0.25, -0.2) is 0 Å². The molecule has 0 aliphatic heterocycles. The van der Waals surface area contributed by atoms with Gasteiger partial charge in [-0.05, 0) is 24.3 Å². The molecule has 0 aliphatic rings. The summed E-state index contributed by atoms with van der Waals surface area (Å²) >= 11 is 5.86. The van der Waals surface area contributed by atoms with Crippen molar-refractivity contribution in [3.05, 3.63) is 35.5 Å². The Labute approximate surface area is 86.9 Å². The van der Waals surface area contributed by atoms with E-state index in [1.807, 2.05) is 24.3 Å². The van der Waals surface area contributed by atoms with Crippen LogP contribution >= 0.6 is 11.6 Å². The van der Waals surface area contributed by atoms with Crippen molar-refractivity contribution >= 4 is 28.2 Å². The highest BCUT2D eigenvalue weighted by molar-refractivity contribution is 6.31. The summed E-state index contributed by atoms with van der Waals surface area (Å²) in [4.78, 5) is 4.22. The largest absolute Gasteiger partial charge is 0.372 e. The van der Waals surface area contributed by atoms with Crippen molar-refractivity contribution in [3.63, 3.8) is 0 Å². The lowest BCUT2D eigenvalue weighted by Gasteiger charge is -2.06. The number of aromatic nitrogens is 1. The zero-order valence-electron chi connectivity index (χ0n) is 7.50. The van der Waals surface area contributed by atoms with E-state index in [9.17, 15) is 0 Å². The summed E-state index contributed by atoms with van der Waals surface area (Å²) < 4.78 is 0. The number of pyridine rings is 1. The number of rotatable bonds is 2. The number of halogens is 1. The second kappa shape index (κ2) is 3.82. The predicted molar refractivity (Wildman–Crippen MR) is 59.4 cm³/mol. The predicted octanol–water partition coefficient (Wildman–Crippen LogP) is 2.22. The van der Waals surface area contributed by atoms with Crippen molar-refractivity contribution in [1.82, 2.24) is 4.98 Å². The third-order valence-corrected chi connectivity index (χ3v) is 2.23. The molecule has 3 nitrogen and oxygen atoms in total. The van der Waals surface area contributed by atoms with E-state index in [4.69, 9.17) is 17.3 Å². The highest BCUT2D eigenvalue weighted by Crippen LogP contribution is 2.23. The molecule has 0 unspecified atom stereocenters. The third kappa shape index (κ3) is 1.64. The number of hydrogen-bond donors (Lipinski definition) is 2. The lowest BCUT2D eigenvalue weighted by atomic mass is 10.2. The van der Waals surface area contributed by atoms with Crippen molar-refractivity contribution in [3.8, 4) is 0 Å². The Morgan fingerprint density at radius 2 is 2.21 bits per heavy atom. The molecule has 14 heavy (non-hydrogen) atoms. The lowest BCUT2D eigenvalue weighted by Crippen LogP contribution is -2.10. The first kappa shape index (κ1) is 9.24. The molecule has 0 spiro atoms. The second-order valence-electron chi connectivity index (χ2n) is 2.90. The molecule has 0 aliphatic carbocycles. The van der Waals surface area contributed by atoms with E-state index in [0.29, 0.717) is 11.7 Å². The van der Waals surface area contributed by atoms with Crippen LogP contribution in [0.4, 0.5) is 5.69 Å². The van der Waals surface area contributed by atoms with Gasteiger partial charge < -0.3 is 11.1 Å². The molecule has 0 saturated heterocycles. The Morgan fingerprint density at radius 3 is 3.00 bits per heavy atom. The van der Waals surface area contributed by atoms with E-state index >= 15 is 0 Å². The number of benzene rings is 1. The molecular weight excluding hydrogens is 198 g/mol. The average Bonchev–Trinajstić information content (AvgIpc) is 2.18. The fourth-order valence-electron chi connectivity index (χ4n) is 1.39. The number of nitrogens with zero attached hydrogens (tertiary/aromatic N) is 1. The minimum absolute atomic E-state index is 0.405. The van der Waals surface area contributed by atoms with Crippen LogP contribution in [-0.2, 0) is 0 Å². The van der Waals surface area contributed by atoms with E-state index in [1.54, 1.807) is 6.20 Å². The molecule has 0 radical (unpaired) electrons. The van der Waals surface area contributed by atoms with Gasteiger partial charge >= 0.3 is 0 Å². The van der Waals surface area contributed by atoms with E-state index in [2.05, 4.69) is 10.3 Å². The van der Waals surface area contributed by atoms with Gasteiger partial charge in [-0.1, -0.05) is 11.6 Å². The van der Waals surface area contributed by atoms with Crippen molar-refractivity contribution in [1.29, 1.82) is 0 Å². The van der Waals surface area contributed by atoms with Crippen molar-refractivity contribution in [2.45, 2.75) is 0 Å². The SMILES string of the molecule is NCNc1ccnc2cc(Cl)ccc12. The van der Waals surface area contributed by atoms with Crippen LogP contribution in [0.1, 0.15) is 0 Å². The van der Waals surface area contributed by atoms with Gasteiger partial charge in [0, 0.05) is 22.3 Å². The zero-order chi connectivity index (χ0) is 9.97. The normalized spacial score (nSPS) is 10.4. The Kier molecular flexibility index (Phi) is 2.52. The number of hydrogen-bond acceptors (Lipinski definition) is 3. The van der Waals surface area contributed by atoms with Crippen LogP contribution in [0.5, 0.6) is 0 Å². The van der Waals surface area contributed by atoms with Gasteiger partial charge in [-0.3, -0.25) is 4.98 Å². The molecule has 2 rings (SSSR count). The monoisotopic (exact) mass is 207 g/mol. The highest BCUT2D eigenvalue weighted by atomic mass is 35.5. The Hall–Kier alpha value is -1.32. The van der Waals surface area contributed by atoms with Gasteiger partial charge in [0.2, 0.25) is 0 Å². The van der Waals surface area contributed by atoms with Crippen LogP contribution in [0, 0.1) is 0 Å². The first-order chi connectivity index (χ1) is 6.81. The fourth-order valence-corrected chi connectivity index (χ4v) is 1.55. The number of nitrogens with one attached hydrogen (secondary N) is 1. The standard InChI is InChI=1S/C10H10ClN3/c11-7-1-2-8-9(14-6-12)3-4-13-10(8)5-7/h1-5H,6,12H2,(H,13,14). The molecular formula is C10H10ClN3. The number of anilines is 1. The van der Waals surface area contributed by atoms with Gasteiger partial charge in [0.1, 0.15) is 0 Å². The average molecular weight is 208 g/mol. The molecule has 3 N–H and O–H groups in total. The van der Waals surface area contributed by atoms with Gasteiger partial charge in [0.25, 0.3) is 0 Å². The van der Waals surface area contributed by atoms with Crippen molar-refractivity contribution < 1.29 is 0 Å². The smallest absolute Gasteiger partial charge is 0.0737 e. The quantitative estimate of drug-likeness (QED) is 0.743. The fraction of sp³-hybridized carbons (Fsp3) is 0.100. The van der Waals surface area contributed by atoms with Crippen molar-refractivity contribution in [2.75, 3.05) is 12.0 Å². The minimum Gasteiger partial charge on any atom is -0.372 e. The first-order valence-corrected chi connectivity index (χ1v) is 4.67. The topological polar surface area (TPSA) is 50.9 Å². The molecule has 0 saturated carbocycles. The molecule has 0 atom stereocenters. The molecule has 1 heterocycles. The molecule has 72 valence electrons. The summed E-state index contributed by atoms with van der Waals surface area (Å²) in [6, 6.07) is 7.50. The van der Waals surface area contributed by atoms with Gasteiger partial charge in [-0.15, -0.1) is 0 Å². The van der Waals surface area contributed by atoms with Gasteiger partial charge in [0.05, 0.1) is 12.2 Å². The first-order valence-electron chi connectivity index (χ1n) is 4.29. The molecule has 0 bridgehead atoms. The molecule has 0 amide bonds. The zero-order valence-corrected chi connectivity index (χ0v) is 8.25. The van der Waals surface area contributed by atoms with Crippen molar-refractivity contribution in [2.24, 2.45) is 5.73 Å². The Balaban J connectivity index is 2.62. The third-order valence-electron chi connectivity index (χ3n) is 2.00. The molecule has 0 fully saturated rings. The van der Waals surface area contributed by atoms with Crippen LogP contribution in [0.15, 0.2) is 30.5 Å². The van der Waals surface area contributed by atoms with Crippen LogP contribution in [0.25, 0.3) is 10.9 Å². The maximum Gasteiger partial charge on any atom is 0.0737 e. The van der Waals surface area contributed by atoms with Crippen LogP contribution in [-0.4, -0.2) is 11.7 Å². The summed E-state index contributed by atoms with van der Waals surface area (Å²) in [6.07, 6.45) is 1.73. The van der Waals surface area contributed by atoms with Crippen LogP contribution in [0.3, 0.4) is 0 Å². The Morgan fingerprint density at radius 1 is 1.36 bits per heavy atom. The lowest BCUT2D eigenvalue weighted by molar-refractivity contribution is 1.15. The summed E-state index contributed by atoms with van der Waals surface area (Å²) in [5.41, 5.74) is 7.28. The summed E-state index contributed by atoms with van der Waals surface area (Å²) in [5, 5.41) is 4.78. The van der Waals surface area contributed by atoms with Gasteiger partial charge in [0.15, 0.2) is 0 Å². The van der Waals surface area contributed by atoms with Crippen LogP contribution < -0.4 is 11.1 Å². The number of nitrogens with two attached hydrogens (primary N) is 1. The van der Waals surface area contributed by atoms with E-state index in [-0.39, 0.29) is 0 Å². The summed E-state index contributed by atoms with van der Waals surface area (Å²) in [7, 11) is 0. The van der Waals surface area contributed by atoms with E-state index in [0.717, 1.165) is 16.6 Å². The maximum atomic E-state index is 5.86. The minimum atomic E-state index is 0.405. The molecule has 4 heteroatoms. The Bertz CT molecular complexity index is 456. The molecule has 2 aromatic rings. The van der Waals surface area contributed by atoms with Crippen LogP contribution in [0.2, 0.25) is 5.02 Å². The second-order valence-corrected chi connectivity index (χ2v) is 3.34. The molecule has 1 aromatic carbocycles. The van der Waals surface area contributed by atoms with E-state index in [1.165, 1.54) is 0 Å². The summed E-state index contributed by atoms with van der Waals surface area (Å²) in [6.45, 7) is 0.405. The maximum absolute atomic E-state index is 5.86. The highest BCUT2D eigenvalue weighted by Gasteiger charge is 2.00. The summed E-state index contributed by atoms with van der Waals surface area (Å²) in [5.74, 6) is 0. The van der Waals surface area contributed by atoms with E-state index < -0.39 is 0 Å². The van der Waals surface area contributed by atoms with Gasteiger partial charge in [-0.2, -0.15) is 0 Å². The number of fused-ring (bicyclic) bond motifs is 1.